The van der Waals surface area contributed by atoms with Gasteiger partial charge in [-0.25, -0.2) is 4.57 Å². The van der Waals surface area contributed by atoms with E-state index >= 15 is 0 Å². The Balaban J connectivity index is 1.62. The van der Waals surface area contributed by atoms with Gasteiger partial charge in [0.2, 0.25) is 5.69 Å². The van der Waals surface area contributed by atoms with Gasteiger partial charge in [-0.3, -0.25) is 0 Å². The van der Waals surface area contributed by atoms with E-state index in [4.69, 9.17) is 4.74 Å². The standard InChI is InChI=1S/C21H20NO/c1-22-16-6-5-9-20(22)13-10-18-11-14-21(15-12-18)23-17-19-7-3-2-4-8-19/h2-16H,17H2,1H3/q+1/b13-10+. The Labute approximate surface area is 137 Å². The van der Waals surface area contributed by atoms with Crippen LogP contribution in [0.5, 0.6) is 5.75 Å². The Kier molecular flexibility index (Phi) is 4.85. The smallest absolute Gasteiger partial charge is 0.204 e. The van der Waals surface area contributed by atoms with E-state index in [1.54, 1.807) is 0 Å². The summed E-state index contributed by atoms with van der Waals surface area (Å²) in [7, 11) is 2.04. The highest BCUT2D eigenvalue weighted by molar-refractivity contribution is 5.67. The molecule has 0 aliphatic rings. The molecule has 2 nitrogen and oxygen atoms in total. The van der Waals surface area contributed by atoms with Crippen molar-refractivity contribution in [2.45, 2.75) is 6.61 Å². The number of hydrogen-bond donors (Lipinski definition) is 0. The largest absolute Gasteiger partial charge is 0.489 e. The topological polar surface area (TPSA) is 13.1 Å². The lowest BCUT2D eigenvalue weighted by atomic mass is 10.2. The summed E-state index contributed by atoms with van der Waals surface area (Å²) in [6.45, 7) is 0.593. The highest BCUT2D eigenvalue weighted by atomic mass is 16.5. The van der Waals surface area contributed by atoms with E-state index in [0.717, 1.165) is 17.0 Å². The fourth-order valence-electron chi connectivity index (χ4n) is 2.31. The van der Waals surface area contributed by atoms with Gasteiger partial charge in [0.25, 0.3) is 0 Å². The van der Waals surface area contributed by atoms with Gasteiger partial charge in [0.1, 0.15) is 19.4 Å². The van der Waals surface area contributed by atoms with Crippen molar-refractivity contribution in [2.75, 3.05) is 0 Å². The van der Waals surface area contributed by atoms with Crippen molar-refractivity contribution in [3.63, 3.8) is 0 Å². The molecule has 114 valence electrons. The Morgan fingerprint density at radius 2 is 1.57 bits per heavy atom. The number of aryl methyl sites for hydroxylation is 1. The summed E-state index contributed by atoms with van der Waals surface area (Å²) in [4.78, 5) is 0. The quantitative estimate of drug-likeness (QED) is 0.642. The molecule has 23 heavy (non-hydrogen) atoms. The van der Waals surface area contributed by atoms with Crippen LogP contribution in [0.15, 0.2) is 79.0 Å². The number of rotatable bonds is 5. The highest BCUT2D eigenvalue weighted by Gasteiger charge is 1.99. The Bertz CT molecular complexity index is 776. The van der Waals surface area contributed by atoms with Crippen molar-refractivity contribution in [3.05, 3.63) is 95.8 Å². The van der Waals surface area contributed by atoms with Gasteiger partial charge >= 0.3 is 0 Å². The molecule has 0 saturated heterocycles. The van der Waals surface area contributed by atoms with Crippen molar-refractivity contribution in [3.8, 4) is 5.75 Å². The Morgan fingerprint density at radius 1 is 0.826 bits per heavy atom. The van der Waals surface area contributed by atoms with Gasteiger partial charge in [-0.2, -0.15) is 0 Å². The van der Waals surface area contributed by atoms with Crippen LogP contribution in [-0.4, -0.2) is 0 Å². The van der Waals surface area contributed by atoms with Crippen LogP contribution < -0.4 is 9.30 Å². The number of hydrogen-bond acceptors (Lipinski definition) is 1. The number of aromatic nitrogens is 1. The van der Waals surface area contributed by atoms with Gasteiger partial charge in [0, 0.05) is 18.2 Å². The summed E-state index contributed by atoms with van der Waals surface area (Å²) < 4.78 is 7.89. The van der Waals surface area contributed by atoms with Crippen molar-refractivity contribution in [2.24, 2.45) is 7.05 Å². The van der Waals surface area contributed by atoms with Crippen LogP contribution in [0.3, 0.4) is 0 Å². The Hall–Kier alpha value is -2.87. The second-order valence-corrected chi connectivity index (χ2v) is 5.41. The van der Waals surface area contributed by atoms with E-state index in [9.17, 15) is 0 Å². The van der Waals surface area contributed by atoms with Gasteiger partial charge in [0.05, 0.1) is 0 Å². The molecule has 2 heteroatoms. The third-order valence-electron chi connectivity index (χ3n) is 3.67. The van der Waals surface area contributed by atoms with Crippen LogP contribution in [0.2, 0.25) is 0 Å². The van der Waals surface area contributed by atoms with Crippen LogP contribution in [0.25, 0.3) is 12.2 Å². The minimum Gasteiger partial charge on any atom is -0.489 e. The first-order chi connectivity index (χ1) is 11.3. The van der Waals surface area contributed by atoms with Gasteiger partial charge in [-0.1, -0.05) is 42.5 Å². The summed E-state index contributed by atoms with van der Waals surface area (Å²) in [5, 5.41) is 0. The van der Waals surface area contributed by atoms with E-state index < -0.39 is 0 Å². The van der Waals surface area contributed by atoms with Crippen LogP contribution in [0.4, 0.5) is 0 Å². The third kappa shape index (κ3) is 4.30. The fourth-order valence-corrected chi connectivity index (χ4v) is 2.31. The van der Waals surface area contributed by atoms with Crippen molar-refractivity contribution >= 4 is 12.2 Å². The molecule has 0 saturated carbocycles. The first kappa shape index (κ1) is 15.0. The lowest BCUT2D eigenvalue weighted by Crippen LogP contribution is -2.30. The number of benzene rings is 2. The lowest BCUT2D eigenvalue weighted by Gasteiger charge is -2.06. The van der Waals surface area contributed by atoms with E-state index in [1.165, 1.54) is 5.56 Å². The van der Waals surface area contributed by atoms with Crippen LogP contribution in [-0.2, 0) is 13.7 Å². The minimum atomic E-state index is 0.593. The molecule has 3 rings (SSSR count). The number of ether oxygens (including phenoxy) is 1. The fraction of sp³-hybridized carbons (Fsp3) is 0.0952. The van der Waals surface area contributed by atoms with Crippen molar-refractivity contribution in [1.29, 1.82) is 0 Å². The van der Waals surface area contributed by atoms with Gasteiger partial charge in [0.15, 0.2) is 6.20 Å². The average Bonchev–Trinajstić information content (AvgIpc) is 2.61. The summed E-state index contributed by atoms with van der Waals surface area (Å²) in [6.07, 6.45) is 6.26. The first-order valence-electron chi connectivity index (χ1n) is 7.71. The summed E-state index contributed by atoms with van der Waals surface area (Å²) in [5.74, 6) is 0.885. The maximum atomic E-state index is 5.80. The van der Waals surface area contributed by atoms with E-state index in [1.807, 2.05) is 55.7 Å². The number of pyridine rings is 1. The molecule has 0 amide bonds. The molecule has 0 atom stereocenters. The van der Waals surface area contributed by atoms with E-state index in [2.05, 4.69) is 47.1 Å². The Morgan fingerprint density at radius 3 is 2.30 bits per heavy atom. The zero-order chi connectivity index (χ0) is 15.9. The predicted molar refractivity (Wildman–Crippen MR) is 93.8 cm³/mol. The SMILES string of the molecule is C[n+]1ccccc1/C=C/c1ccc(OCc2ccccc2)cc1. The van der Waals surface area contributed by atoms with Crippen LogP contribution >= 0.6 is 0 Å². The molecule has 0 fully saturated rings. The van der Waals surface area contributed by atoms with Crippen molar-refractivity contribution in [1.82, 2.24) is 0 Å². The molecule has 0 N–H and O–H groups in total. The molecule has 1 heterocycles. The third-order valence-corrected chi connectivity index (χ3v) is 3.67. The monoisotopic (exact) mass is 302 g/mol. The van der Waals surface area contributed by atoms with Gasteiger partial charge in [-0.15, -0.1) is 0 Å². The minimum absolute atomic E-state index is 0.593. The second kappa shape index (κ2) is 7.41. The molecule has 1 aromatic heterocycles. The molecule has 0 aliphatic carbocycles. The van der Waals surface area contributed by atoms with Crippen LogP contribution in [0.1, 0.15) is 16.8 Å². The maximum absolute atomic E-state index is 5.80. The van der Waals surface area contributed by atoms with Crippen molar-refractivity contribution < 1.29 is 9.30 Å². The average molecular weight is 302 g/mol. The highest BCUT2D eigenvalue weighted by Crippen LogP contribution is 2.15. The number of nitrogens with zero attached hydrogens (tertiary/aromatic N) is 1. The van der Waals surface area contributed by atoms with E-state index in [0.29, 0.717) is 6.61 Å². The summed E-state index contributed by atoms with van der Waals surface area (Å²) >= 11 is 0. The van der Waals surface area contributed by atoms with E-state index in [-0.39, 0.29) is 0 Å². The first-order valence-corrected chi connectivity index (χ1v) is 7.71. The maximum Gasteiger partial charge on any atom is 0.204 e. The van der Waals surface area contributed by atoms with Gasteiger partial charge in [-0.05, 0) is 35.4 Å². The zero-order valence-electron chi connectivity index (χ0n) is 13.2. The predicted octanol–water partition coefficient (Wildman–Crippen LogP) is 4.26. The summed E-state index contributed by atoms with van der Waals surface area (Å²) in [6, 6.07) is 24.5. The lowest BCUT2D eigenvalue weighted by molar-refractivity contribution is -0.673. The molecule has 0 radical (unpaired) electrons. The van der Waals surface area contributed by atoms with Crippen LogP contribution in [0, 0.1) is 0 Å². The molecular formula is C21H20NO+. The zero-order valence-corrected chi connectivity index (χ0v) is 13.2. The molecule has 0 unspecified atom stereocenters. The molecular weight excluding hydrogens is 282 g/mol. The molecule has 0 bridgehead atoms. The second-order valence-electron chi connectivity index (χ2n) is 5.41. The molecule has 0 spiro atoms. The summed E-state index contributed by atoms with van der Waals surface area (Å²) in [5.41, 5.74) is 3.49. The normalized spacial score (nSPS) is 10.8. The van der Waals surface area contributed by atoms with Gasteiger partial charge < -0.3 is 4.74 Å². The molecule has 0 aliphatic heterocycles. The molecule has 3 aromatic rings. The molecule has 2 aromatic carbocycles.